The number of hydrogen-bond acceptors (Lipinski definition) is 3. The van der Waals surface area contributed by atoms with Crippen molar-refractivity contribution in [1.82, 2.24) is 0 Å². The molecule has 1 atom stereocenters. The molecule has 1 amide bonds. The number of carbonyl (C=O) groups is 1. The lowest BCUT2D eigenvalue weighted by Gasteiger charge is -2.26. The first-order valence-corrected chi connectivity index (χ1v) is 9.30. The van der Waals surface area contributed by atoms with Gasteiger partial charge < -0.3 is 15.4 Å². The van der Waals surface area contributed by atoms with Crippen LogP contribution in [0.4, 0.5) is 11.4 Å². The second-order valence-corrected chi connectivity index (χ2v) is 6.78. The molecule has 1 aliphatic carbocycles. The quantitative estimate of drug-likeness (QED) is 0.795. The van der Waals surface area contributed by atoms with Gasteiger partial charge in [0, 0.05) is 16.9 Å². The smallest absolute Gasteiger partial charge is 0.290 e. The van der Waals surface area contributed by atoms with Crippen molar-refractivity contribution in [3.05, 3.63) is 59.2 Å². The van der Waals surface area contributed by atoms with Crippen LogP contribution in [0.1, 0.15) is 35.6 Å². The number of benzene rings is 2. The van der Waals surface area contributed by atoms with Crippen LogP contribution in [0.15, 0.2) is 47.5 Å². The Labute approximate surface area is 157 Å². The van der Waals surface area contributed by atoms with Crippen molar-refractivity contribution in [3.8, 4) is 0 Å². The highest BCUT2D eigenvalue weighted by Crippen LogP contribution is 2.33. The zero-order chi connectivity index (χ0) is 17.9. The number of amidine groups is 1. The van der Waals surface area contributed by atoms with Crippen LogP contribution in [0, 0.1) is 0 Å². The number of fused-ring (bicyclic) bond motifs is 2. The number of rotatable bonds is 3. The number of nitrogens with one attached hydrogen (secondary N) is 2. The number of hydrogen-bond donors (Lipinski definition) is 2. The minimum atomic E-state index is -0.227. The molecule has 2 aliphatic rings. The number of alkyl halides is 1. The molecule has 1 heterocycles. The standard InChI is InChI=1S/C20H20ClN3O2/c21-11-19(25)22-15-8-9-17-14(10-15)12-26-20(23-17)24-18-7-3-5-13-4-1-2-6-16(13)18/h1-2,4,6,8-10,18H,3,5,7,11-12H2,(H,22,25)(H,23,24). The van der Waals surface area contributed by atoms with Crippen molar-refractivity contribution in [3.63, 3.8) is 0 Å². The fraction of sp³-hybridized carbons (Fsp3) is 0.300. The Hall–Kier alpha value is -2.53. The third-order valence-corrected chi connectivity index (χ3v) is 4.97. The fourth-order valence-electron chi connectivity index (χ4n) is 3.48. The zero-order valence-electron chi connectivity index (χ0n) is 14.3. The van der Waals surface area contributed by atoms with E-state index in [1.165, 1.54) is 11.1 Å². The summed E-state index contributed by atoms with van der Waals surface area (Å²) in [5, 5.41) is 6.00. The fourth-order valence-corrected chi connectivity index (χ4v) is 3.54. The Balaban J connectivity index is 1.52. The average molecular weight is 370 g/mol. The summed E-state index contributed by atoms with van der Waals surface area (Å²) in [4.78, 5) is 16.2. The topological polar surface area (TPSA) is 62.7 Å². The number of ether oxygens (including phenoxy) is 1. The predicted molar refractivity (Wildman–Crippen MR) is 104 cm³/mol. The number of anilines is 2. The molecule has 5 nitrogen and oxygen atoms in total. The Morgan fingerprint density at radius 3 is 3.04 bits per heavy atom. The maximum Gasteiger partial charge on any atom is 0.290 e. The molecular weight excluding hydrogens is 350 g/mol. The zero-order valence-corrected chi connectivity index (χ0v) is 15.1. The number of carbonyl (C=O) groups excluding carboxylic acids is 1. The molecule has 0 spiro atoms. The Morgan fingerprint density at radius 2 is 2.15 bits per heavy atom. The number of nitrogens with zero attached hydrogens (tertiary/aromatic N) is 1. The molecule has 0 bridgehead atoms. The van der Waals surface area contributed by atoms with E-state index in [1.54, 1.807) is 0 Å². The Bertz CT molecular complexity index is 866. The van der Waals surface area contributed by atoms with E-state index in [0.29, 0.717) is 18.3 Å². The van der Waals surface area contributed by atoms with Crippen LogP contribution in [0.5, 0.6) is 0 Å². The molecule has 1 unspecified atom stereocenters. The third kappa shape index (κ3) is 3.53. The molecular formula is C20H20ClN3O2. The minimum absolute atomic E-state index is 0.0640. The van der Waals surface area contributed by atoms with E-state index in [0.717, 1.165) is 30.5 Å². The van der Waals surface area contributed by atoms with E-state index in [2.05, 4.69) is 34.9 Å². The van der Waals surface area contributed by atoms with Gasteiger partial charge in [0.1, 0.15) is 12.5 Å². The molecule has 2 aromatic rings. The van der Waals surface area contributed by atoms with Gasteiger partial charge in [-0.15, -0.1) is 11.6 Å². The van der Waals surface area contributed by atoms with E-state index < -0.39 is 0 Å². The Morgan fingerprint density at radius 1 is 1.27 bits per heavy atom. The van der Waals surface area contributed by atoms with Gasteiger partial charge in [-0.2, -0.15) is 0 Å². The highest BCUT2D eigenvalue weighted by Gasteiger charge is 2.22. The van der Waals surface area contributed by atoms with Gasteiger partial charge >= 0.3 is 0 Å². The highest BCUT2D eigenvalue weighted by atomic mass is 35.5. The van der Waals surface area contributed by atoms with Crippen molar-refractivity contribution < 1.29 is 9.53 Å². The van der Waals surface area contributed by atoms with Crippen LogP contribution in [0.25, 0.3) is 0 Å². The second-order valence-electron chi connectivity index (χ2n) is 6.51. The number of halogens is 1. The van der Waals surface area contributed by atoms with E-state index in [-0.39, 0.29) is 17.8 Å². The molecule has 2 N–H and O–H groups in total. The molecule has 6 heteroatoms. The molecule has 4 rings (SSSR count). The molecule has 134 valence electrons. The van der Waals surface area contributed by atoms with E-state index in [1.807, 2.05) is 18.2 Å². The first kappa shape index (κ1) is 16.9. The molecule has 0 fully saturated rings. The lowest BCUT2D eigenvalue weighted by molar-refractivity contribution is -0.113. The van der Waals surface area contributed by atoms with Gasteiger partial charge in [-0.1, -0.05) is 24.3 Å². The molecule has 2 aromatic carbocycles. The van der Waals surface area contributed by atoms with Crippen molar-refractivity contribution >= 4 is 34.9 Å². The molecule has 0 saturated carbocycles. The second kappa shape index (κ2) is 7.38. The van der Waals surface area contributed by atoms with E-state index in [4.69, 9.17) is 21.3 Å². The Kier molecular flexibility index (Phi) is 4.80. The lowest BCUT2D eigenvalue weighted by Crippen LogP contribution is -2.24. The van der Waals surface area contributed by atoms with Crippen LogP contribution >= 0.6 is 11.6 Å². The summed E-state index contributed by atoms with van der Waals surface area (Å²) in [7, 11) is 0. The van der Waals surface area contributed by atoms with Gasteiger partial charge in [-0.05, 0) is 48.6 Å². The lowest BCUT2D eigenvalue weighted by atomic mass is 9.88. The van der Waals surface area contributed by atoms with Crippen molar-refractivity contribution in [2.75, 3.05) is 16.5 Å². The number of amides is 1. The SMILES string of the molecule is O=C(CCl)Nc1ccc2c(c1)COC(=NC1CCCc3ccccc31)N2. The van der Waals surface area contributed by atoms with Crippen LogP contribution in [0.3, 0.4) is 0 Å². The minimum Gasteiger partial charge on any atom is -0.460 e. The molecule has 0 saturated heterocycles. The van der Waals surface area contributed by atoms with Crippen molar-refractivity contribution in [2.24, 2.45) is 4.99 Å². The monoisotopic (exact) mass is 369 g/mol. The first-order chi connectivity index (χ1) is 12.7. The van der Waals surface area contributed by atoms with Gasteiger partial charge in [0.25, 0.3) is 6.02 Å². The van der Waals surface area contributed by atoms with Crippen LogP contribution in [0.2, 0.25) is 0 Å². The van der Waals surface area contributed by atoms with Crippen LogP contribution in [-0.2, 0) is 22.6 Å². The summed E-state index contributed by atoms with van der Waals surface area (Å²) in [5.74, 6) is -0.291. The summed E-state index contributed by atoms with van der Waals surface area (Å²) in [6, 6.07) is 14.8. The highest BCUT2D eigenvalue weighted by molar-refractivity contribution is 6.29. The van der Waals surface area contributed by atoms with Gasteiger partial charge in [0.05, 0.1) is 6.04 Å². The van der Waals surface area contributed by atoms with Gasteiger partial charge in [0.15, 0.2) is 0 Å². The largest absolute Gasteiger partial charge is 0.460 e. The predicted octanol–water partition coefficient (Wildman–Crippen LogP) is 4.24. The average Bonchev–Trinajstić information content (AvgIpc) is 2.68. The van der Waals surface area contributed by atoms with Crippen molar-refractivity contribution in [2.45, 2.75) is 31.9 Å². The normalized spacial score (nSPS) is 19.7. The van der Waals surface area contributed by atoms with Crippen LogP contribution < -0.4 is 10.6 Å². The molecule has 1 aliphatic heterocycles. The van der Waals surface area contributed by atoms with Crippen molar-refractivity contribution in [1.29, 1.82) is 0 Å². The summed E-state index contributed by atoms with van der Waals surface area (Å²) in [6.07, 6.45) is 3.28. The third-order valence-electron chi connectivity index (χ3n) is 4.73. The van der Waals surface area contributed by atoms with E-state index in [9.17, 15) is 4.79 Å². The maximum absolute atomic E-state index is 11.4. The summed E-state index contributed by atoms with van der Waals surface area (Å²) in [6.45, 7) is 0.417. The van der Waals surface area contributed by atoms with E-state index >= 15 is 0 Å². The summed E-state index contributed by atoms with van der Waals surface area (Å²) >= 11 is 5.53. The first-order valence-electron chi connectivity index (χ1n) is 8.77. The molecule has 26 heavy (non-hydrogen) atoms. The van der Waals surface area contributed by atoms with Gasteiger partial charge in [0.2, 0.25) is 5.91 Å². The number of aryl methyl sites for hydroxylation is 1. The molecule has 0 aromatic heterocycles. The van der Waals surface area contributed by atoms with Gasteiger partial charge in [-0.3, -0.25) is 4.79 Å². The van der Waals surface area contributed by atoms with Crippen LogP contribution in [-0.4, -0.2) is 17.8 Å². The van der Waals surface area contributed by atoms with Gasteiger partial charge in [-0.25, -0.2) is 4.99 Å². The molecule has 0 radical (unpaired) electrons. The number of aliphatic imine (C=N–C) groups is 1. The summed E-state index contributed by atoms with van der Waals surface area (Å²) < 4.78 is 5.81. The summed E-state index contributed by atoms with van der Waals surface area (Å²) in [5.41, 5.74) is 5.30. The maximum atomic E-state index is 11.4.